The van der Waals surface area contributed by atoms with Crippen LogP contribution in [0.4, 0.5) is 0 Å². The monoisotopic (exact) mass is 228 g/mol. The Hall–Kier alpha value is -1.54. The van der Waals surface area contributed by atoms with Crippen molar-refractivity contribution >= 4 is 0 Å². The van der Waals surface area contributed by atoms with Crippen molar-refractivity contribution in [2.24, 2.45) is 5.73 Å². The lowest BCUT2D eigenvalue weighted by molar-refractivity contribution is 0.674. The van der Waals surface area contributed by atoms with E-state index in [1.807, 2.05) is 18.2 Å². The van der Waals surface area contributed by atoms with Gasteiger partial charge in [0.1, 0.15) is 0 Å². The van der Waals surface area contributed by atoms with Crippen molar-refractivity contribution in [2.75, 3.05) is 0 Å². The Labute approximate surface area is 103 Å². The molecule has 2 nitrogen and oxygen atoms in total. The summed E-state index contributed by atoms with van der Waals surface area (Å²) in [5, 5.41) is 0. The maximum atomic E-state index is 6.20. The van der Waals surface area contributed by atoms with E-state index in [1.54, 1.807) is 0 Å². The smallest absolute Gasteiger partial charge is 0.0336 e. The van der Waals surface area contributed by atoms with Crippen LogP contribution >= 0.6 is 0 Å². The van der Waals surface area contributed by atoms with Crippen LogP contribution in [-0.4, -0.2) is 4.57 Å². The number of nitrogens with two attached hydrogens (primary N) is 1. The van der Waals surface area contributed by atoms with Crippen molar-refractivity contribution < 1.29 is 0 Å². The fourth-order valence-corrected chi connectivity index (χ4v) is 2.08. The molecule has 0 aliphatic carbocycles. The number of aryl methyl sites for hydroxylation is 1. The van der Waals surface area contributed by atoms with Gasteiger partial charge in [0, 0.05) is 25.0 Å². The Morgan fingerprint density at radius 2 is 1.94 bits per heavy atom. The highest BCUT2D eigenvalue weighted by atomic mass is 14.9. The molecule has 0 bridgehead atoms. The molecule has 1 aromatic carbocycles. The van der Waals surface area contributed by atoms with Crippen LogP contribution in [0.3, 0.4) is 0 Å². The van der Waals surface area contributed by atoms with Crippen LogP contribution in [-0.2, 0) is 13.0 Å². The summed E-state index contributed by atoms with van der Waals surface area (Å²) in [4.78, 5) is 0. The first-order valence-corrected chi connectivity index (χ1v) is 6.24. The summed E-state index contributed by atoms with van der Waals surface area (Å²) in [6, 6.07) is 12.5. The molecule has 0 aliphatic rings. The average Bonchev–Trinajstić information content (AvgIpc) is 2.78. The SMILES string of the molecule is CCCn1ccc(CC(N)c2ccccc2)c1. The van der Waals surface area contributed by atoms with E-state index in [4.69, 9.17) is 5.73 Å². The number of benzene rings is 1. The summed E-state index contributed by atoms with van der Waals surface area (Å²) in [6.07, 6.45) is 6.41. The standard InChI is InChI=1S/C15H20N2/c1-2-9-17-10-8-13(12-17)11-15(16)14-6-4-3-5-7-14/h3-8,10,12,15H,2,9,11,16H2,1H3. The number of rotatable bonds is 5. The molecule has 0 saturated carbocycles. The van der Waals surface area contributed by atoms with Gasteiger partial charge in [-0.05, 0) is 30.0 Å². The lowest BCUT2D eigenvalue weighted by Gasteiger charge is -2.10. The number of hydrogen-bond acceptors (Lipinski definition) is 1. The van der Waals surface area contributed by atoms with Crippen molar-refractivity contribution in [1.82, 2.24) is 4.57 Å². The lowest BCUT2D eigenvalue weighted by atomic mass is 10.0. The molecular formula is C15H20N2. The maximum absolute atomic E-state index is 6.20. The van der Waals surface area contributed by atoms with Crippen LogP contribution in [0.5, 0.6) is 0 Å². The van der Waals surface area contributed by atoms with Gasteiger partial charge in [-0.2, -0.15) is 0 Å². The van der Waals surface area contributed by atoms with E-state index in [0.29, 0.717) is 0 Å². The fraction of sp³-hybridized carbons (Fsp3) is 0.333. The second-order valence-corrected chi connectivity index (χ2v) is 4.48. The molecule has 0 spiro atoms. The quantitative estimate of drug-likeness (QED) is 0.837. The average molecular weight is 228 g/mol. The Morgan fingerprint density at radius 1 is 1.18 bits per heavy atom. The Bertz CT molecular complexity index is 445. The molecule has 1 unspecified atom stereocenters. The van der Waals surface area contributed by atoms with Gasteiger partial charge < -0.3 is 10.3 Å². The van der Waals surface area contributed by atoms with E-state index in [1.165, 1.54) is 17.5 Å². The largest absolute Gasteiger partial charge is 0.354 e. The summed E-state index contributed by atoms with van der Waals surface area (Å²) in [5.41, 5.74) is 8.72. The Morgan fingerprint density at radius 3 is 2.65 bits per heavy atom. The van der Waals surface area contributed by atoms with Gasteiger partial charge in [-0.25, -0.2) is 0 Å². The zero-order valence-electron chi connectivity index (χ0n) is 10.3. The van der Waals surface area contributed by atoms with Gasteiger partial charge in [-0.1, -0.05) is 37.3 Å². The summed E-state index contributed by atoms with van der Waals surface area (Å²) < 4.78 is 2.23. The third-order valence-electron chi connectivity index (χ3n) is 2.98. The van der Waals surface area contributed by atoms with Crippen molar-refractivity contribution in [1.29, 1.82) is 0 Å². The van der Waals surface area contributed by atoms with Crippen LogP contribution in [0.25, 0.3) is 0 Å². The predicted molar refractivity (Wildman–Crippen MR) is 71.8 cm³/mol. The summed E-state index contributed by atoms with van der Waals surface area (Å²) >= 11 is 0. The highest BCUT2D eigenvalue weighted by molar-refractivity contribution is 5.22. The molecule has 0 amide bonds. The minimum Gasteiger partial charge on any atom is -0.354 e. The van der Waals surface area contributed by atoms with Crippen LogP contribution in [0.1, 0.15) is 30.5 Å². The third-order valence-corrected chi connectivity index (χ3v) is 2.98. The summed E-state index contributed by atoms with van der Waals surface area (Å²) in [6.45, 7) is 3.27. The molecule has 0 aliphatic heterocycles. The van der Waals surface area contributed by atoms with Gasteiger partial charge in [-0.3, -0.25) is 0 Å². The molecule has 2 N–H and O–H groups in total. The molecule has 2 aromatic rings. The second kappa shape index (κ2) is 5.69. The van der Waals surface area contributed by atoms with Crippen LogP contribution < -0.4 is 5.73 Å². The van der Waals surface area contributed by atoms with Crippen LogP contribution in [0.2, 0.25) is 0 Å². The molecule has 90 valence electrons. The van der Waals surface area contributed by atoms with Crippen LogP contribution in [0.15, 0.2) is 48.8 Å². The van der Waals surface area contributed by atoms with Gasteiger partial charge in [0.15, 0.2) is 0 Å². The zero-order valence-corrected chi connectivity index (χ0v) is 10.3. The first kappa shape index (κ1) is 11.9. The van der Waals surface area contributed by atoms with Crippen molar-refractivity contribution in [3.05, 3.63) is 59.9 Å². The van der Waals surface area contributed by atoms with Gasteiger partial charge in [0.25, 0.3) is 0 Å². The second-order valence-electron chi connectivity index (χ2n) is 4.48. The zero-order chi connectivity index (χ0) is 12.1. The minimum atomic E-state index is 0.0914. The first-order valence-electron chi connectivity index (χ1n) is 6.24. The molecular weight excluding hydrogens is 208 g/mol. The highest BCUT2D eigenvalue weighted by Crippen LogP contribution is 2.16. The van der Waals surface area contributed by atoms with E-state index in [0.717, 1.165) is 13.0 Å². The van der Waals surface area contributed by atoms with Gasteiger partial charge in [-0.15, -0.1) is 0 Å². The summed E-state index contributed by atoms with van der Waals surface area (Å²) in [5.74, 6) is 0. The Kier molecular flexibility index (Phi) is 3.99. The van der Waals surface area contributed by atoms with E-state index >= 15 is 0 Å². The molecule has 1 heterocycles. The van der Waals surface area contributed by atoms with Gasteiger partial charge >= 0.3 is 0 Å². The van der Waals surface area contributed by atoms with Gasteiger partial charge in [0.05, 0.1) is 0 Å². The maximum Gasteiger partial charge on any atom is 0.0336 e. The Balaban J connectivity index is 2.00. The molecule has 1 aromatic heterocycles. The number of nitrogens with zero attached hydrogens (tertiary/aromatic N) is 1. The molecule has 2 rings (SSSR count). The van der Waals surface area contributed by atoms with Crippen LogP contribution in [0, 0.1) is 0 Å². The molecule has 1 atom stereocenters. The molecule has 17 heavy (non-hydrogen) atoms. The van der Waals surface area contributed by atoms with Crippen molar-refractivity contribution in [2.45, 2.75) is 32.4 Å². The first-order chi connectivity index (χ1) is 8.29. The highest BCUT2D eigenvalue weighted by Gasteiger charge is 2.07. The van der Waals surface area contributed by atoms with Gasteiger partial charge in [0.2, 0.25) is 0 Å². The summed E-state index contributed by atoms with van der Waals surface area (Å²) in [7, 11) is 0. The van der Waals surface area contributed by atoms with Crippen molar-refractivity contribution in [3.8, 4) is 0 Å². The van der Waals surface area contributed by atoms with E-state index in [9.17, 15) is 0 Å². The normalized spacial score (nSPS) is 12.6. The molecule has 0 saturated heterocycles. The number of hydrogen-bond donors (Lipinski definition) is 1. The fourth-order valence-electron chi connectivity index (χ4n) is 2.08. The minimum absolute atomic E-state index is 0.0914. The third kappa shape index (κ3) is 3.21. The molecule has 0 fully saturated rings. The topological polar surface area (TPSA) is 30.9 Å². The molecule has 0 radical (unpaired) electrons. The molecule has 2 heteroatoms. The van der Waals surface area contributed by atoms with Crippen molar-refractivity contribution in [3.63, 3.8) is 0 Å². The predicted octanol–water partition coefficient (Wildman–Crippen LogP) is 3.14. The number of aromatic nitrogens is 1. The van der Waals surface area contributed by atoms with E-state index in [-0.39, 0.29) is 6.04 Å². The van der Waals surface area contributed by atoms with E-state index < -0.39 is 0 Å². The lowest BCUT2D eigenvalue weighted by Crippen LogP contribution is -2.12. The van der Waals surface area contributed by atoms with E-state index in [2.05, 4.69) is 42.1 Å².